The monoisotopic (exact) mass is 247 g/mol. The quantitative estimate of drug-likeness (QED) is 0.905. The molecule has 2 aromatic rings. The summed E-state index contributed by atoms with van der Waals surface area (Å²) in [6.07, 6.45) is 1.89. The molecule has 90 valence electrons. The minimum absolute atomic E-state index is 0.347. The maximum atomic E-state index is 4.62. The average molecular weight is 247 g/mol. The van der Waals surface area contributed by atoms with Crippen LogP contribution in [0.2, 0.25) is 0 Å². The summed E-state index contributed by atoms with van der Waals surface area (Å²) in [5.74, 6) is 0. The van der Waals surface area contributed by atoms with Gasteiger partial charge < -0.3 is 5.32 Å². The third kappa shape index (κ3) is 2.53. The standard InChI is InChI=1S/C13H17N3S/c1-8-5-6-11(7-15-8)13-16-10(3)12(17-13)9(2)14-4/h5-7,9,14H,1-4H3. The Bertz CT molecular complexity index is 502. The van der Waals surface area contributed by atoms with Crippen LogP contribution in [0.3, 0.4) is 0 Å². The van der Waals surface area contributed by atoms with E-state index in [-0.39, 0.29) is 0 Å². The predicted octanol–water partition coefficient (Wildman–Crippen LogP) is 3.10. The molecule has 0 aromatic carbocycles. The first kappa shape index (κ1) is 12.2. The van der Waals surface area contributed by atoms with Gasteiger partial charge in [-0.2, -0.15) is 0 Å². The Labute approximate surface area is 106 Å². The Balaban J connectivity index is 2.37. The van der Waals surface area contributed by atoms with Crippen LogP contribution < -0.4 is 5.32 Å². The summed E-state index contributed by atoms with van der Waals surface area (Å²) in [7, 11) is 1.97. The molecule has 0 saturated heterocycles. The van der Waals surface area contributed by atoms with Crippen LogP contribution >= 0.6 is 11.3 Å². The molecule has 0 aliphatic rings. The zero-order chi connectivity index (χ0) is 12.4. The van der Waals surface area contributed by atoms with Crippen LogP contribution in [0.5, 0.6) is 0 Å². The highest BCUT2D eigenvalue weighted by Crippen LogP contribution is 2.31. The van der Waals surface area contributed by atoms with Crippen LogP contribution in [-0.4, -0.2) is 17.0 Å². The molecule has 0 radical (unpaired) electrons. The lowest BCUT2D eigenvalue weighted by Crippen LogP contribution is -2.11. The molecule has 2 aromatic heterocycles. The second-order valence-electron chi connectivity index (χ2n) is 4.17. The van der Waals surface area contributed by atoms with E-state index >= 15 is 0 Å². The van der Waals surface area contributed by atoms with Gasteiger partial charge in [0.2, 0.25) is 0 Å². The molecule has 1 unspecified atom stereocenters. The van der Waals surface area contributed by atoms with Crippen molar-refractivity contribution in [3.05, 3.63) is 34.6 Å². The lowest BCUT2D eigenvalue weighted by Gasteiger charge is -2.06. The van der Waals surface area contributed by atoms with Crippen molar-refractivity contribution in [2.45, 2.75) is 26.8 Å². The number of aryl methyl sites for hydroxylation is 2. The molecular weight excluding hydrogens is 230 g/mol. The zero-order valence-corrected chi connectivity index (χ0v) is 11.4. The van der Waals surface area contributed by atoms with E-state index in [1.807, 2.05) is 26.2 Å². The molecule has 0 aliphatic heterocycles. The van der Waals surface area contributed by atoms with Gasteiger partial charge in [-0.05, 0) is 40.0 Å². The van der Waals surface area contributed by atoms with E-state index in [0.717, 1.165) is 22.0 Å². The van der Waals surface area contributed by atoms with Crippen LogP contribution in [0, 0.1) is 13.8 Å². The third-order valence-electron chi connectivity index (χ3n) is 2.82. The molecule has 0 bridgehead atoms. The van der Waals surface area contributed by atoms with Crippen molar-refractivity contribution in [2.24, 2.45) is 0 Å². The van der Waals surface area contributed by atoms with Gasteiger partial charge in [0.15, 0.2) is 0 Å². The maximum Gasteiger partial charge on any atom is 0.125 e. The van der Waals surface area contributed by atoms with Crippen LogP contribution in [0.25, 0.3) is 10.6 Å². The first-order chi connectivity index (χ1) is 8.11. The Kier molecular flexibility index (Phi) is 3.54. The summed E-state index contributed by atoms with van der Waals surface area (Å²) in [6.45, 7) is 6.20. The molecule has 1 atom stereocenters. The highest BCUT2D eigenvalue weighted by atomic mass is 32.1. The fraction of sp³-hybridized carbons (Fsp3) is 0.385. The Morgan fingerprint density at radius 2 is 2.06 bits per heavy atom. The number of pyridine rings is 1. The van der Waals surface area contributed by atoms with Crippen molar-refractivity contribution in [3.8, 4) is 10.6 Å². The van der Waals surface area contributed by atoms with E-state index in [2.05, 4.69) is 35.2 Å². The molecule has 1 N–H and O–H groups in total. The zero-order valence-electron chi connectivity index (χ0n) is 10.6. The molecule has 0 spiro atoms. The molecule has 2 rings (SSSR count). The van der Waals surface area contributed by atoms with Crippen molar-refractivity contribution < 1.29 is 0 Å². The van der Waals surface area contributed by atoms with Gasteiger partial charge >= 0.3 is 0 Å². The summed E-state index contributed by atoms with van der Waals surface area (Å²) in [5, 5.41) is 4.30. The van der Waals surface area contributed by atoms with Crippen LogP contribution in [-0.2, 0) is 0 Å². The van der Waals surface area contributed by atoms with E-state index in [9.17, 15) is 0 Å². The van der Waals surface area contributed by atoms with Crippen molar-refractivity contribution in [1.82, 2.24) is 15.3 Å². The number of nitrogens with zero attached hydrogens (tertiary/aromatic N) is 2. The first-order valence-electron chi connectivity index (χ1n) is 5.69. The fourth-order valence-electron chi connectivity index (χ4n) is 1.66. The molecular formula is C13H17N3S. The molecule has 0 fully saturated rings. The van der Waals surface area contributed by atoms with Gasteiger partial charge in [-0.15, -0.1) is 11.3 Å². The van der Waals surface area contributed by atoms with Crippen LogP contribution in [0.4, 0.5) is 0 Å². The molecule has 2 heterocycles. The van der Waals surface area contributed by atoms with Gasteiger partial charge in [0.1, 0.15) is 5.01 Å². The molecule has 0 amide bonds. The SMILES string of the molecule is CNC(C)c1sc(-c2ccc(C)nc2)nc1C. The first-order valence-corrected chi connectivity index (χ1v) is 6.51. The smallest absolute Gasteiger partial charge is 0.125 e. The van der Waals surface area contributed by atoms with Crippen LogP contribution in [0.1, 0.15) is 29.2 Å². The minimum Gasteiger partial charge on any atom is -0.312 e. The molecule has 0 aliphatic carbocycles. The summed E-state index contributed by atoms with van der Waals surface area (Å²) in [5.41, 5.74) is 3.23. The Morgan fingerprint density at radius 1 is 1.29 bits per heavy atom. The van der Waals surface area contributed by atoms with E-state index in [4.69, 9.17) is 0 Å². The number of thiazole rings is 1. The Morgan fingerprint density at radius 3 is 2.65 bits per heavy atom. The molecule has 17 heavy (non-hydrogen) atoms. The average Bonchev–Trinajstić information content (AvgIpc) is 2.71. The van der Waals surface area contributed by atoms with Gasteiger partial charge in [0.05, 0.1) is 5.69 Å². The van der Waals surface area contributed by atoms with Crippen molar-refractivity contribution in [1.29, 1.82) is 0 Å². The minimum atomic E-state index is 0.347. The van der Waals surface area contributed by atoms with Gasteiger partial charge in [0, 0.05) is 28.4 Å². The highest BCUT2D eigenvalue weighted by Gasteiger charge is 2.13. The second-order valence-corrected chi connectivity index (χ2v) is 5.20. The lowest BCUT2D eigenvalue weighted by atomic mass is 10.2. The van der Waals surface area contributed by atoms with Gasteiger partial charge in [0.25, 0.3) is 0 Å². The second kappa shape index (κ2) is 4.94. The van der Waals surface area contributed by atoms with E-state index < -0.39 is 0 Å². The summed E-state index contributed by atoms with van der Waals surface area (Å²) >= 11 is 1.74. The number of nitrogens with one attached hydrogen (secondary N) is 1. The number of aromatic nitrogens is 2. The Hall–Kier alpha value is -1.26. The van der Waals surface area contributed by atoms with E-state index in [1.165, 1.54) is 4.88 Å². The van der Waals surface area contributed by atoms with E-state index in [1.54, 1.807) is 11.3 Å². The summed E-state index contributed by atoms with van der Waals surface area (Å²) in [4.78, 5) is 10.2. The van der Waals surface area contributed by atoms with Crippen molar-refractivity contribution in [2.75, 3.05) is 7.05 Å². The number of hydrogen-bond donors (Lipinski definition) is 1. The van der Waals surface area contributed by atoms with Gasteiger partial charge in [-0.25, -0.2) is 4.98 Å². The highest BCUT2D eigenvalue weighted by molar-refractivity contribution is 7.15. The lowest BCUT2D eigenvalue weighted by molar-refractivity contribution is 0.658. The molecule has 0 saturated carbocycles. The fourth-order valence-corrected chi connectivity index (χ4v) is 2.78. The largest absolute Gasteiger partial charge is 0.312 e. The topological polar surface area (TPSA) is 37.8 Å². The maximum absolute atomic E-state index is 4.62. The number of rotatable bonds is 3. The van der Waals surface area contributed by atoms with Gasteiger partial charge in [-0.3, -0.25) is 4.98 Å². The third-order valence-corrected chi connectivity index (χ3v) is 4.21. The predicted molar refractivity (Wildman–Crippen MR) is 72.3 cm³/mol. The normalized spacial score (nSPS) is 12.7. The summed E-state index contributed by atoms with van der Waals surface area (Å²) in [6, 6.07) is 4.45. The number of hydrogen-bond acceptors (Lipinski definition) is 4. The van der Waals surface area contributed by atoms with Crippen molar-refractivity contribution >= 4 is 11.3 Å². The van der Waals surface area contributed by atoms with Crippen LogP contribution in [0.15, 0.2) is 18.3 Å². The summed E-state index contributed by atoms with van der Waals surface area (Å²) < 4.78 is 0. The van der Waals surface area contributed by atoms with Crippen molar-refractivity contribution in [3.63, 3.8) is 0 Å². The molecule has 4 heteroatoms. The van der Waals surface area contributed by atoms with E-state index in [0.29, 0.717) is 6.04 Å². The van der Waals surface area contributed by atoms with Gasteiger partial charge in [-0.1, -0.05) is 0 Å². The molecule has 3 nitrogen and oxygen atoms in total.